The Labute approximate surface area is 110 Å². The van der Waals surface area contributed by atoms with Gasteiger partial charge in [-0.1, -0.05) is 30.3 Å². The molecule has 2 rings (SSSR count). The number of nitrogens with two attached hydrogens (primary N) is 1. The van der Waals surface area contributed by atoms with Crippen molar-refractivity contribution < 1.29 is 13.5 Å². The van der Waals surface area contributed by atoms with E-state index < -0.39 is 17.7 Å². The van der Waals surface area contributed by atoms with Crippen LogP contribution < -0.4 is 10.5 Å². The summed E-state index contributed by atoms with van der Waals surface area (Å²) in [5.74, 6) is -1.12. The molecule has 0 spiro atoms. The Kier molecular flexibility index (Phi) is 4.12. The molecule has 0 aliphatic heterocycles. The average molecular weight is 263 g/mol. The lowest BCUT2D eigenvalue weighted by atomic mass is 10.1. The minimum atomic E-state index is -0.914. The topological polar surface area (TPSA) is 35.2 Å². The van der Waals surface area contributed by atoms with Crippen molar-refractivity contribution in [1.82, 2.24) is 0 Å². The lowest BCUT2D eigenvalue weighted by Gasteiger charge is -2.15. The van der Waals surface area contributed by atoms with Crippen molar-refractivity contribution in [1.29, 1.82) is 0 Å². The molecule has 2 aromatic rings. The van der Waals surface area contributed by atoms with E-state index in [2.05, 4.69) is 0 Å². The molecule has 0 heterocycles. The van der Waals surface area contributed by atoms with Gasteiger partial charge < -0.3 is 10.5 Å². The van der Waals surface area contributed by atoms with Crippen LogP contribution >= 0.6 is 0 Å². The summed E-state index contributed by atoms with van der Waals surface area (Å²) in [6, 6.07) is 10.7. The minimum absolute atomic E-state index is 0.0885. The lowest BCUT2D eigenvalue weighted by Crippen LogP contribution is -2.21. The zero-order valence-corrected chi connectivity index (χ0v) is 10.6. The first-order valence-electron chi connectivity index (χ1n) is 5.97. The van der Waals surface area contributed by atoms with Crippen molar-refractivity contribution in [3.8, 4) is 5.75 Å². The zero-order chi connectivity index (χ0) is 13.8. The van der Waals surface area contributed by atoms with Crippen molar-refractivity contribution >= 4 is 0 Å². The summed E-state index contributed by atoms with van der Waals surface area (Å²) in [6.45, 7) is 1.99. The Bertz CT molecular complexity index is 572. The summed E-state index contributed by atoms with van der Waals surface area (Å²) in [6.07, 6.45) is 0. The number of para-hydroxylation sites is 1. The Morgan fingerprint density at radius 3 is 2.58 bits per heavy atom. The summed E-state index contributed by atoms with van der Waals surface area (Å²) < 4.78 is 32.2. The molecule has 0 aliphatic carbocycles. The van der Waals surface area contributed by atoms with Crippen LogP contribution in [0.2, 0.25) is 0 Å². The van der Waals surface area contributed by atoms with Crippen LogP contribution in [0.25, 0.3) is 0 Å². The predicted molar refractivity (Wildman–Crippen MR) is 70.0 cm³/mol. The number of benzene rings is 2. The molecule has 0 aromatic heterocycles. The molecular weight excluding hydrogens is 248 g/mol. The van der Waals surface area contributed by atoms with Gasteiger partial charge >= 0.3 is 0 Å². The van der Waals surface area contributed by atoms with Gasteiger partial charge in [-0.2, -0.15) is 0 Å². The molecule has 0 saturated heterocycles. The Morgan fingerprint density at radius 1 is 1.11 bits per heavy atom. The molecular formula is C15H15F2NO. The number of rotatable bonds is 4. The molecule has 0 radical (unpaired) electrons. The second-order valence-corrected chi connectivity index (χ2v) is 4.33. The Morgan fingerprint density at radius 2 is 1.84 bits per heavy atom. The second kappa shape index (κ2) is 5.80. The van der Waals surface area contributed by atoms with Crippen LogP contribution in [0.3, 0.4) is 0 Å². The number of halogens is 2. The van der Waals surface area contributed by atoms with E-state index in [-0.39, 0.29) is 12.2 Å². The molecule has 100 valence electrons. The van der Waals surface area contributed by atoms with E-state index in [1.807, 2.05) is 31.2 Å². The van der Waals surface area contributed by atoms with E-state index >= 15 is 0 Å². The van der Waals surface area contributed by atoms with Crippen molar-refractivity contribution in [3.05, 3.63) is 65.2 Å². The fraction of sp³-hybridized carbons (Fsp3) is 0.200. The highest BCUT2D eigenvalue weighted by atomic mass is 19.2. The van der Waals surface area contributed by atoms with E-state index in [0.29, 0.717) is 5.75 Å². The highest BCUT2D eigenvalue weighted by molar-refractivity contribution is 5.32. The summed E-state index contributed by atoms with van der Waals surface area (Å²) in [5.41, 5.74) is 6.92. The highest BCUT2D eigenvalue weighted by Gasteiger charge is 2.15. The molecule has 0 saturated carbocycles. The van der Waals surface area contributed by atoms with Gasteiger partial charge in [-0.15, -0.1) is 0 Å². The largest absolute Gasteiger partial charge is 0.491 e. The van der Waals surface area contributed by atoms with Crippen LogP contribution in [0.5, 0.6) is 5.75 Å². The van der Waals surface area contributed by atoms with E-state index in [1.165, 1.54) is 12.1 Å². The van der Waals surface area contributed by atoms with Gasteiger partial charge in [0.15, 0.2) is 11.6 Å². The van der Waals surface area contributed by atoms with Crippen LogP contribution in [0.1, 0.15) is 17.2 Å². The predicted octanol–water partition coefficient (Wildman–Crippen LogP) is 3.35. The number of ether oxygens (including phenoxy) is 1. The molecule has 0 bridgehead atoms. The Hall–Kier alpha value is -1.94. The van der Waals surface area contributed by atoms with Gasteiger partial charge in [0.25, 0.3) is 0 Å². The molecule has 2 N–H and O–H groups in total. The van der Waals surface area contributed by atoms with E-state index in [1.54, 1.807) is 0 Å². The van der Waals surface area contributed by atoms with Crippen LogP contribution in [0.15, 0.2) is 42.5 Å². The summed E-state index contributed by atoms with van der Waals surface area (Å²) in [5, 5.41) is 0. The first-order valence-corrected chi connectivity index (χ1v) is 5.97. The molecule has 2 nitrogen and oxygen atoms in total. The first kappa shape index (κ1) is 13.5. The number of hydrogen-bond acceptors (Lipinski definition) is 2. The van der Waals surface area contributed by atoms with E-state index in [0.717, 1.165) is 11.6 Å². The summed E-state index contributed by atoms with van der Waals surface area (Å²) in [4.78, 5) is 0. The quantitative estimate of drug-likeness (QED) is 0.918. The summed E-state index contributed by atoms with van der Waals surface area (Å²) in [7, 11) is 0. The van der Waals surface area contributed by atoms with Crippen LogP contribution in [-0.4, -0.2) is 6.61 Å². The molecule has 19 heavy (non-hydrogen) atoms. The van der Waals surface area contributed by atoms with Gasteiger partial charge in [0.1, 0.15) is 12.4 Å². The first-order chi connectivity index (χ1) is 9.09. The molecule has 1 atom stereocenters. The third-order valence-corrected chi connectivity index (χ3v) is 2.89. The molecule has 0 aliphatic rings. The standard InChI is InChI=1S/C15H15F2NO/c1-10-5-2-3-8-14(10)19-9-13(18)11-6-4-7-12(16)15(11)17/h2-8,13H,9,18H2,1H3. The van der Waals surface area contributed by atoms with Crippen molar-refractivity contribution in [2.24, 2.45) is 5.73 Å². The van der Waals surface area contributed by atoms with Crippen molar-refractivity contribution in [3.63, 3.8) is 0 Å². The van der Waals surface area contributed by atoms with Crippen LogP contribution in [0.4, 0.5) is 8.78 Å². The highest BCUT2D eigenvalue weighted by Crippen LogP contribution is 2.21. The van der Waals surface area contributed by atoms with Gasteiger partial charge in [0.2, 0.25) is 0 Å². The number of hydrogen-bond donors (Lipinski definition) is 1. The molecule has 2 aromatic carbocycles. The number of aryl methyl sites for hydroxylation is 1. The van der Waals surface area contributed by atoms with Crippen molar-refractivity contribution in [2.75, 3.05) is 6.61 Å². The Balaban J connectivity index is 2.08. The summed E-state index contributed by atoms with van der Waals surface area (Å²) >= 11 is 0. The maximum Gasteiger partial charge on any atom is 0.163 e. The maximum atomic E-state index is 13.5. The smallest absolute Gasteiger partial charge is 0.163 e. The normalized spacial score (nSPS) is 12.2. The van der Waals surface area contributed by atoms with Gasteiger partial charge in [0.05, 0.1) is 6.04 Å². The lowest BCUT2D eigenvalue weighted by molar-refractivity contribution is 0.285. The van der Waals surface area contributed by atoms with Gasteiger partial charge in [-0.05, 0) is 24.6 Å². The third-order valence-electron chi connectivity index (χ3n) is 2.89. The van der Waals surface area contributed by atoms with Crippen LogP contribution in [-0.2, 0) is 0 Å². The monoisotopic (exact) mass is 263 g/mol. The van der Waals surface area contributed by atoms with Gasteiger partial charge in [0, 0.05) is 5.56 Å². The molecule has 4 heteroatoms. The van der Waals surface area contributed by atoms with Gasteiger partial charge in [-0.25, -0.2) is 8.78 Å². The molecule has 0 fully saturated rings. The SMILES string of the molecule is Cc1ccccc1OCC(N)c1cccc(F)c1F. The molecule has 0 amide bonds. The van der Waals surface area contributed by atoms with Crippen LogP contribution in [0, 0.1) is 18.6 Å². The average Bonchev–Trinajstić information content (AvgIpc) is 2.40. The fourth-order valence-electron chi connectivity index (χ4n) is 1.79. The fourth-order valence-corrected chi connectivity index (χ4v) is 1.79. The maximum absolute atomic E-state index is 13.5. The van der Waals surface area contributed by atoms with E-state index in [4.69, 9.17) is 10.5 Å². The molecule has 1 unspecified atom stereocenters. The van der Waals surface area contributed by atoms with Gasteiger partial charge in [-0.3, -0.25) is 0 Å². The minimum Gasteiger partial charge on any atom is -0.491 e. The zero-order valence-electron chi connectivity index (χ0n) is 10.6. The van der Waals surface area contributed by atoms with E-state index in [9.17, 15) is 8.78 Å². The third kappa shape index (κ3) is 3.09. The van der Waals surface area contributed by atoms with Crippen molar-refractivity contribution in [2.45, 2.75) is 13.0 Å². The second-order valence-electron chi connectivity index (χ2n) is 4.33.